The van der Waals surface area contributed by atoms with Gasteiger partial charge in [0, 0.05) is 25.9 Å². The summed E-state index contributed by atoms with van der Waals surface area (Å²) in [5, 5.41) is 13.9. The van der Waals surface area contributed by atoms with Crippen molar-refractivity contribution in [1.82, 2.24) is 19.7 Å². The molecule has 0 aromatic carbocycles. The van der Waals surface area contributed by atoms with E-state index in [2.05, 4.69) is 15.1 Å². The van der Waals surface area contributed by atoms with E-state index in [9.17, 15) is 5.11 Å². The van der Waals surface area contributed by atoms with Crippen molar-refractivity contribution in [3.8, 4) is 0 Å². The fourth-order valence-electron chi connectivity index (χ4n) is 1.70. The van der Waals surface area contributed by atoms with E-state index in [0.29, 0.717) is 12.8 Å². The second-order valence-corrected chi connectivity index (χ2v) is 4.06. The van der Waals surface area contributed by atoms with Crippen LogP contribution in [-0.4, -0.2) is 31.0 Å². The fraction of sp³-hybridized carbons (Fsp3) is 0.417. The summed E-state index contributed by atoms with van der Waals surface area (Å²) in [7, 11) is 1.83. The van der Waals surface area contributed by atoms with E-state index in [4.69, 9.17) is 0 Å². The first-order valence-electron chi connectivity index (χ1n) is 5.65. The zero-order valence-electron chi connectivity index (χ0n) is 9.82. The Hall–Kier alpha value is -1.75. The minimum Gasteiger partial charge on any atom is -0.393 e. The van der Waals surface area contributed by atoms with Crippen LogP contribution < -0.4 is 0 Å². The Morgan fingerprint density at radius 3 is 3.00 bits per heavy atom. The number of nitrogens with zero attached hydrogens (tertiary/aromatic N) is 4. The Morgan fingerprint density at radius 1 is 1.47 bits per heavy atom. The molecule has 90 valence electrons. The second-order valence-electron chi connectivity index (χ2n) is 4.06. The first-order valence-corrected chi connectivity index (χ1v) is 5.65. The molecule has 0 fully saturated rings. The number of aryl methyl sites for hydroxylation is 2. The highest BCUT2D eigenvalue weighted by atomic mass is 16.3. The molecule has 5 nitrogen and oxygen atoms in total. The molecule has 2 aromatic heterocycles. The van der Waals surface area contributed by atoms with Gasteiger partial charge >= 0.3 is 0 Å². The predicted octanol–water partition coefficient (Wildman–Crippen LogP) is 0.746. The molecule has 2 heterocycles. The van der Waals surface area contributed by atoms with Gasteiger partial charge in [-0.3, -0.25) is 9.67 Å². The third-order valence-corrected chi connectivity index (χ3v) is 2.71. The van der Waals surface area contributed by atoms with Gasteiger partial charge in [0.2, 0.25) is 0 Å². The molecule has 0 radical (unpaired) electrons. The summed E-state index contributed by atoms with van der Waals surface area (Å²) < 4.78 is 1.69. The van der Waals surface area contributed by atoms with E-state index < -0.39 is 6.10 Å². The molecule has 17 heavy (non-hydrogen) atoms. The van der Waals surface area contributed by atoms with E-state index in [-0.39, 0.29) is 0 Å². The van der Waals surface area contributed by atoms with Gasteiger partial charge in [-0.15, -0.1) is 0 Å². The lowest BCUT2D eigenvalue weighted by atomic mass is 10.1. The Morgan fingerprint density at radius 2 is 2.35 bits per heavy atom. The third kappa shape index (κ3) is 3.35. The highest BCUT2D eigenvalue weighted by Crippen LogP contribution is 2.07. The Labute approximate surface area is 100 Å². The van der Waals surface area contributed by atoms with Gasteiger partial charge in [0.05, 0.1) is 6.10 Å². The van der Waals surface area contributed by atoms with Gasteiger partial charge in [0.1, 0.15) is 12.2 Å². The Balaban J connectivity index is 1.82. The van der Waals surface area contributed by atoms with Crippen LogP contribution in [0, 0.1) is 0 Å². The molecule has 0 aliphatic rings. The summed E-state index contributed by atoms with van der Waals surface area (Å²) in [4.78, 5) is 8.13. The smallest absolute Gasteiger partial charge is 0.138 e. The third-order valence-electron chi connectivity index (χ3n) is 2.71. The van der Waals surface area contributed by atoms with Gasteiger partial charge in [-0.1, -0.05) is 6.07 Å². The highest BCUT2D eigenvalue weighted by Gasteiger charge is 2.09. The van der Waals surface area contributed by atoms with Crippen molar-refractivity contribution < 1.29 is 5.11 Å². The van der Waals surface area contributed by atoms with Gasteiger partial charge in [0.25, 0.3) is 0 Å². The molecular weight excluding hydrogens is 216 g/mol. The molecule has 0 aliphatic carbocycles. The first-order chi connectivity index (χ1) is 8.25. The van der Waals surface area contributed by atoms with E-state index in [0.717, 1.165) is 17.8 Å². The van der Waals surface area contributed by atoms with E-state index in [1.165, 1.54) is 6.33 Å². The molecule has 1 atom stereocenters. The van der Waals surface area contributed by atoms with Crippen molar-refractivity contribution >= 4 is 0 Å². The van der Waals surface area contributed by atoms with Crippen LogP contribution in [0.1, 0.15) is 17.8 Å². The molecule has 0 saturated carbocycles. The van der Waals surface area contributed by atoms with E-state index in [1.807, 2.05) is 25.4 Å². The van der Waals surface area contributed by atoms with Crippen molar-refractivity contribution in [2.24, 2.45) is 7.05 Å². The maximum atomic E-state index is 9.91. The minimum absolute atomic E-state index is 0.391. The number of aromatic nitrogens is 4. The number of rotatable bonds is 5. The summed E-state index contributed by atoms with van der Waals surface area (Å²) in [6, 6.07) is 3.92. The second kappa shape index (κ2) is 5.54. The lowest BCUT2D eigenvalue weighted by Crippen LogP contribution is -2.15. The molecule has 1 unspecified atom stereocenters. The maximum absolute atomic E-state index is 9.91. The van der Waals surface area contributed by atoms with Crippen LogP contribution in [0.3, 0.4) is 0 Å². The average Bonchev–Trinajstić information content (AvgIpc) is 2.74. The maximum Gasteiger partial charge on any atom is 0.138 e. The van der Waals surface area contributed by atoms with Gasteiger partial charge in [-0.2, -0.15) is 5.10 Å². The van der Waals surface area contributed by atoms with Crippen LogP contribution in [-0.2, 0) is 19.9 Å². The molecule has 0 saturated heterocycles. The number of aliphatic hydroxyl groups excluding tert-OH is 1. The molecule has 0 aliphatic heterocycles. The van der Waals surface area contributed by atoms with Crippen molar-refractivity contribution in [3.63, 3.8) is 0 Å². The van der Waals surface area contributed by atoms with Gasteiger partial charge in [-0.05, 0) is 24.5 Å². The largest absolute Gasteiger partial charge is 0.393 e. The molecule has 2 aromatic rings. The van der Waals surface area contributed by atoms with Crippen LogP contribution in [0.15, 0.2) is 30.9 Å². The summed E-state index contributed by atoms with van der Waals surface area (Å²) >= 11 is 0. The van der Waals surface area contributed by atoms with Crippen LogP contribution in [0.5, 0.6) is 0 Å². The average molecular weight is 232 g/mol. The first kappa shape index (κ1) is 11.7. The van der Waals surface area contributed by atoms with E-state index in [1.54, 1.807) is 10.9 Å². The van der Waals surface area contributed by atoms with Crippen LogP contribution in [0.25, 0.3) is 0 Å². The van der Waals surface area contributed by atoms with Crippen molar-refractivity contribution in [3.05, 3.63) is 42.2 Å². The highest BCUT2D eigenvalue weighted by molar-refractivity contribution is 5.08. The van der Waals surface area contributed by atoms with Gasteiger partial charge in [0.15, 0.2) is 0 Å². The lowest BCUT2D eigenvalue weighted by Gasteiger charge is -2.09. The van der Waals surface area contributed by atoms with Crippen LogP contribution in [0.2, 0.25) is 0 Å². The molecule has 0 amide bonds. The number of pyridine rings is 1. The molecule has 0 bridgehead atoms. The summed E-state index contributed by atoms with van der Waals surface area (Å²) in [5.74, 6) is 0.809. The summed E-state index contributed by atoms with van der Waals surface area (Å²) in [6.07, 6.45) is 6.76. The van der Waals surface area contributed by atoms with Gasteiger partial charge in [-0.25, -0.2) is 4.98 Å². The molecule has 2 rings (SSSR count). The monoisotopic (exact) mass is 232 g/mol. The molecule has 0 spiro atoms. The molecule has 5 heteroatoms. The normalized spacial score (nSPS) is 12.6. The summed E-state index contributed by atoms with van der Waals surface area (Å²) in [6.45, 7) is 0. The number of hydrogen-bond acceptors (Lipinski definition) is 4. The zero-order valence-corrected chi connectivity index (χ0v) is 9.82. The Kier molecular flexibility index (Phi) is 3.82. The van der Waals surface area contributed by atoms with Crippen LogP contribution in [0.4, 0.5) is 0 Å². The SMILES string of the molecule is Cn1ncnc1CC(O)CCc1cccnc1. The van der Waals surface area contributed by atoms with Crippen molar-refractivity contribution in [1.29, 1.82) is 0 Å². The standard InChI is InChI=1S/C12H16N4O/c1-16-12(14-9-15-16)7-11(17)5-4-10-3-2-6-13-8-10/h2-3,6,8-9,11,17H,4-5,7H2,1H3. The van der Waals surface area contributed by atoms with Crippen molar-refractivity contribution in [2.45, 2.75) is 25.4 Å². The van der Waals surface area contributed by atoms with Crippen molar-refractivity contribution in [2.75, 3.05) is 0 Å². The zero-order chi connectivity index (χ0) is 12.1. The summed E-state index contributed by atoms with van der Waals surface area (Å²) in [5.41, 5.74) is 1.14. The number of hydrogen-bond donors (Lipinski definition) is 1. The number of aliphatic hydroxyl groups is 1. The predicted molar refractivity (Wildman–Crippen MR) is 63.3 cm³/mol. The lowest BCUT2D eigenvalue weighted by molar-refractivity contribution is 0.161. The van der Waals surface area contributed by atoms with E-state index >= 15 is 0 Å². The molecule has 1 N–H and O–H groups in total. The fourth-order valence-corrected chi connectivity index (χ4v) is 1.70. The quantitative estimate of drug-likeness (QED) is 0.826. The minimum atomic E-state index is -0.391. The topological polar surface area (TPSA) is 63.8 Å². The van der Waals surface area contributed by atoms with Crippen LogP contribution >= 0.6 is 0 Å². The Bertz CT molecular complexity index is 455. The van der Waals surface area contributed by atoms with Gasteiger partial charge < -0.3 is 5.11 Å². The molecular formula is C12H16N4O.